The van der Waals surface area contributed by atoms with Crippen LogP contribution in [0.5, 0.6) is 11.5 Å². The Labute approximate surface area is 253 Å². The van der Waals surface area contributed by atoms with E-state index < -0.39 is 29.2 Å². The average Bonchev–Trinajstić information content (AvgIpc) is 3.45. The number of methoxy groups -OCH3 is 5. The fourth-order valence-electron chi connectivity index (χ4n) is 12.0. The highest BCUT2D eigenvalue weighted by Gasteiger charge is 2.86. The van der Waals surface area contributed by atoms with Gasteiger partial charge in [0.1, 0.15) is 6.10 Å². The molecule has 0 amide bonds. The molecule has 0 unspecified atom stereocenters. The van der Waals surface area contributed by atoms with Crippen LogP contribution in [-0.4, -0.2) is 112 Å². The molecule has 10 heteroatoms. The Kier molecular flexibility index (Phi) is 7.12. The second-order valence-electron chi connectivity index (χ2n) is 14.0. The van der Waals surface area contributed by atoms with E-state index in [9.17, 15) is 15.0 Å². The number of ether oxygens (including phenoxy) is 6. The molecule has 6 aliphatic rings. The molecule has 7 bridgehead atoms. The molecule has 10 nitrogen and oxygen atoms in total. The van der Waals surface area contributed by atoms with Gasteiger partial charge in [-0.1, -0.05) is 6.92 Å². The molecule has 0 radical (unpaired) electrons. The molecule has 1 saturated heterocycles. The number of fused-ring (bicyclic) bond motifs is 2. The zero-order valence-corrected chi connectivity index (χ0v) is 26.2. The number of rotatable bonds is 9. The van der Waals surface area contributed by atoms with E-state index in [-0.39, 0.29) is 53.3 Å². The van der Waals surface area contributed by atoms with Gasteiger partial charge in [0, 0.05) is 74.8 Å². The first kappa shape index (κ1) is 29.7. The number of likely N-dealkylation sites (tertiary alicyclic amines) is 1. The summed E-state index contributed by atoms with van der Waals surface area (Å²) in [6.07, 6.45) is 1.03. The van der Waals surface area contributed by atoms with Crippen molar-refractivity contribution in [1.82, 2.24) is 4.90 Å². The molecule has 13 atom stereocenters. The van der Waals surface area contributed by atoms with Crippen LogP contribution in [0.1, 0.15) is 43.0 Å². The van der Waals surface area contributed by atoms with Crippen molar-refractivity contribution in [2.45, 2.75) is 68.7 Å². The van der Waals surface area contributed by atoms with E-state index in [2.05, 4.69) is 11.8 Å². The third-order valence-corrected chi connectivity index (χ3v) is 13.0. The normalized spacial score (nSPS) is 47.3. The highest BCUT2D eigenvalue weighted by Crippen LogP contribution is 2.79. The quantitative estimate of drug-likeness (QED) is 0.409. The molecule has 1 aromatic carbocycles. The Bertz CT molecular complexity index is 1260. The van der Waals surface area contributed by atoms with Crippen molar-refractivity contribution >= 4 is 5.97 Å². The summed E-state index contributed by atoms with van der Waals surface area (Å²) in [5, 5.41) is 25.4. The monoisotopic (exact) mass is 601 g/mol. The van der Waals surface area contributed by atoms with Crippen LogP contribution < -0.4 is 9.47 Å². The molecule has 5 saturated carbocycles. The van der Waals surface area contributed by atoms with Crippen LogP contribution in [0, 0.1) is 40.4 Å². The Morgan fingerprint density at radius 1 is 1.05 bits per heavy atom. The minimum atomic E-state index is -1.20. The first-order valence-corrected chi connectivity index (χ1v) is 15.8. The number of carbonyl (C=O) groups excluding carboxylic acids is 1. The molecule has 238 valence electrons. The van der Waals surface area contributed by atoms with Gasteiger partial charge in [-0.15, -0.1) is 0 Å². The number of nitrogens with zero attached hydrogens (tertiary/aromatic N) is 1. The zero-order chi connectivity index (χ0) is 30.5. The summed E-state index contributed by atoms with van der Waals surface area (Å²) in [6.45, 7) is 4.43. The van der Waals surface area contributed by atoms with Crippen molar-refractivity contribution < 1.29 is 43.4 Å². The summed E-state index contributed by atoms with van der Waals surface area (Å²) in [5.41, 5.74) is -1.56. The molecular formula is C33H47NO9. The van der Waals surface area contributed by atoms with Crippen molar-refractivity contribution in [1.29, 1.82) is 0 Å². The number of aliphatic hydroxyl groups excluding tert-OH is 1. The van der Waals surface area contributed by atoms with Gasteiger partial charge in [0.2, 0.25) is 0 Å². The second kappa shape index (κ2) is 10.3. The van der Waals surface area contributed by atoms with E-state index in [4.69, 9.17) is 28.4 Å². The summed E-state index contributed by atoms with van der Waals surface area (Å²) in [5.74, 6) is -0.258. The summed E-state index contributed by atoms with van der Waals surface area (Å²) in [6, 6.07) is 4.96. The highest BCUT2D eigenvalue weighted by atomic mass is 16.6. The van der Waals surface area contributed by atoms with Gasteiger partial charge in [-0.3, -0.25) is 4.90 Å². The van der Waals surface area contributed by atoms with Crippen LogP contribution in [0.4, 0.5) is 0 Å². The lowest BCUT2D eigenvalue weighted by atomic mass is 9.43. The van der Waals surface area contributed by atoms with Crippen LogP contribution in [0.3, 0.4) is 0 Å². The molecule has 1 aliphatic heterocycles. The van der Waals surface area contributed by atoms with Crippen molar-refractivity contribution in [2.24, 2.45) is 40.4 Å². The first-order valence-electron chi connectivity index (χ1n) is 15.8. The molecular weight excluding hydrogens is 554 g/mol. The van der Waals surface area contributed by atoms with Crippen LogP contribution >= 0.6 is 0 Å². The van der Waals surface area contributed by atoms with E-state index in [1.165, 1.54) is 7.11 Å². The van der Waals surface area contributed by atoms with Crippen molar-refractivity contribution in [3.8, 4) is 11.5 Å². The smallest absolute Gasteiger partial charge is 0.338 e. The standard InChI is InChI=1S/C33H47NO9/c1-7-34-15-31(16-38-2)11-10-23(35)33-19-13-18-22(41-5)14-32(37,25(29(33)34)27(42-6)28(31)33)24(19)26(18)43-30(36)17-8-9-20(39-3)21(12-17)40-4/h8-9,12,18-19,22-29,35,37H,7,10-11,13-16H2,1-6H3/t18-,19-,22+,23+,24-,25+,26+,27+,28-,29-,31+,32-,33+/m1/s1. The Hall–Kier alpha value is -1.95. The number of hydrogen-bond acceptors (Lipinski definition) is 10. The van der Waals surface area contributed by atoms with E-state index >= 15 is 0 Å². The van der Waals surface area contributed by atoms with Crippen LogP contribution in [0.25, 0.3) is 0 Å². The van der Waals surface area contributed by atoms with Gasteiger partial charge in [-0.25, -0.2) is 4.79 Å². The summed E-state index contributed by atoms with van der Waals surface area (Å²) in [4.78, 5) is 16.3. The molecule has 1 spiro atoms. The van der Waals surface area contributed by atoms with Gasteiger partial charge in [-0.05, 0) is 49.9 Å². The third-order valence-electron chi connectivity index (χ3n) is 13.0. The zero-order valence-electron chi connectivity index (χ0n) is 26.2. The molecule has 7 rings (SSSR count). The minimum Gasteiger partial charge on any atom is -0.493 e. The summed E-state index contributed by atoms with van der Waals surface area (Å²) >= 11 is 0. The number of esters is 1. The highest BCUT2D eigenvalue weighted by molar-refractivity contribution is 5.90. The molecule has 6 fully saturated rings. The van der Waals surface area contributed by atoms with Gasteiger partial charge in [0.15, 0.2) is 11.5 Å². The Balaban J connectivity index is 1.36. The molecule has 2 N–H and O–H groups in total. The fraction of sp³-hybridized carbons (Fsp3) is 0.788. The van der Waals surface area contributed by atoms with Crippen molar-refractivity contribution in [3.63, 3.8) is 0 Å². The van der Waals surface area contributed by atoms with E-state index in [0.29, 0.717) is 42.9 Å². The largest absolute Gasteiger partial charge is 0.493 e. The number of aliphatic hydroxyl groups is 2. The van der Waals surface area contributed by atoms with Gasteiger partial charge in [0.25, 0.3) is 0 Å². The molecule has 43 heavy (non-hydrogen) atoms. The Morgan fingerprint density at radius 3 is 2.47 bits per heavy atom. The number of hydrogen-bond donors (Lipinski definition) is 2. The lowest BCUT2D eigenvalue weighted by Crippen LogP contribution is -2.76. The predicted molar refractivity (Wildman–Crippen MR) is 155 cm³/mol. The van der Waals surface area contributed by atoms with Crippen molar-refractivity contribution in [2.75, 3.05) is 55.2 Å². The van der Waals surface area contributed by atoms with Gasteiger partial charge < -0.3 is 38.6 Å². The van der Waals surface area contributed by atoms with E-state index in [0.717, 1.165) is 19.5 Å². The maximum Gasteiger partial charge on any atom is 0.338 e. The molecule has 1 heterocycles. The maximum atomic E-state index is 13.8. The fourth-order valence-corrected chi connectivity index (χ4v) is 12.0. The first-order chi connectivity index (χ1) is 20.7. The second-order valence-corrected chi connectivity index (χ2v) is 14.0. The van der Waals surface area contributed by atoms with Crippen LogP contribution in [-0.2, 0) is 18.9 Å². The maximum absolute atomic E-state index is 13.8. The minimum absolute atomic E-state index is 0.0214. The van der Waals surface area contributed by atoms with E-state index in [1.807, 2.05) is 0 Å². The topological polar surface area (TPSA) is 116 Å². The number of benzene rings is 1. The van der Waals surface area contributed by atoms with Crippen LogP contribution in [0.15, 0.2) is 18.2 Å². The average molecular weight is 602 g/mol. The SMILES string of the molecule is CCN1C[C@]2(COC)CC[C@H](O)[C@@]34[C@@H]5C[C@H]6[C@H](OC(=O)c7ccc(OC)c(OC)c7)[C@@H]5[C@](O)(C[C@@H]6OC)[C@@H]([C@H](OC)[C@H]23)[C@@H]14. The number of piperidine rings is 1. The predicted octanol–water partition coefficient (Wildman–Crippen LogP) is 2.38. The third kappa shape index (κ3) is 3.59. The molecule has 0 aromatic heterocycles. The molecule has 1 aromatic rings. The van der Waals surface area contributed by atoms with Gasteiger partial charge in [0.05, 0.1) is 50.3 Å². The summed E-state index contributed by atoms with van der Waals surface area (Å²) in [7, 11) is 8.29. The number of carbonyl (C=O) groups is 1. The van der Waals surface area contributed by atoms with Crippen LogP contribution in [0.2, 0.25) is 0 Å². The summed E-state index contributed by atoms with van der Waals surface area (Å²) < 4.78 is 35.7. The molecule has 5 aliphatic carbocycles. The van der Waals surface area contributed by atoms with Gasteiger partial charge >= 0.3 is 5.97 Å². The lowest BCUT2D eigenvalue weighted by molar-refractivity contribution is -0.272. The Morgan fingerprint density at radius 2 is 1.81 bits per heavy atom. The lowest BCUT2D eigenvalue weighted by Gasteiger charge is -2.68. The van der Waals surface area contributed by atoms with E-state index in [1.54, 1.807) is 46.6 Å². The van der Waals surface area contributed by atoms with Crippen molar-refractivity contribution in [3.05, 3.63) is 23.8 Å². The van der Waals surface area contributed by atoms with Gasteiger partial charge in [-0.2, -0.15) is 0 Å².